The van der Waals surface area contributed by atoms with Crippen molar-refractivity contribution in [3.63, 3.8) is 0 Å². The van der Waals surface area contributed by atoms with Gasteiger partial charge in [-0.15, -0.1) is 0 Å². The smallest absolute Gasteiger partial charge is 0.264 e. The largest absolute Gasteiger partial charge is 0.497 e. The van der Waals surface area contributed by atoms with Crippen LogP contribution in [0.4, 0.5) is 4.39 Å². The maximum Gasteiger partial charge on any atom is 0.264 e. The highest BCUT2D eigenvalue weighted by atomic mass is 32.2. The molecule has 3 rings (SSSR count). The Bertz CT molecular complexity index is 973. The number of ether oxygens (including phenoxy) is 1. The number of nitrogens with zero attached hydrogens (tertiary/aromatic N) is 1. The van der Waals surface area contributed by atoms with Crippen LogP contribution < -0.4 is 9.46 Å². The van der Waals surface area contributed by atoms with Gasteiger partial charge in [0, 0.05) is 13.1 Å². The fraction of sp³-hybridized carbons (Fsp3) is 0.176. The van der Waals surface area contributed by atoms with Crippen LogP contribution in [0.5, 0.6) is 5.75 Å². The molecule has 0 radical (unpaired) electrons. The monoisotopic (exact) mass is 378 g/mol. The van der Waals surface area contributed by atoms with Crippen LogP contribution in [0.1, 0.15) is 20.7 Å². The van der Waals surface area contributed by atoms with E-state index in [2.05, 4.69) is 4.72 Å². The molecular weight excluding hydrogens is 363 g/mol. The lowest BCUT2D eigenvalue weighted by atomic mass is 10.1. The van der Waals surface area contributed by atoms with E-state index < -0.39 is 27.7 Å². The highest BCUT2D eigenvalue weighted by Crippen LogP contribution is 2.24. The van der Waals surface area contributed by atoms with Gasteiger partial charge in [0.2, 0.25) is 10.0 Å². The Kier molecular flexibility index (Phi) is 4.75. The zero-order valence-corrected chi connectivity index (χ0v) is 14.5. The summed E-state index contributed by atoms with van der Waals surface area (Å²) in [6.45, 7) is -0.400. The van der Waals surface area contributed by atoms with E-state index in [-0.39, 0.29) is 29.1 Å². The molecule has 9 heteroatoms. The van der Waals surface area contributed by atoms with Gasteiger partial charge >= 0.3 is 0 Å². The highest BCUT2D eigenvalue weighted by Gasteiger charge is 2.37. The van der Waals surface area contributed by atoms with E-state index >= 15 is 0 Å². The molecule has 0 saturated heterocycles. The minimum Gasteiger partial charge on any atom is -0.497 e. The lowest BCUT2D eigenvalue weighted by molar-refractivity contribution is 0.0656. The summed E-state index contributed by atoms with van der Waals surface area (Å²) >= 11 is 0. The van der Waals surface area contributed by atoms with Gasteiger partial charge in [-0.1, -0.05) is 6.07 Å². The van der Waals surface area contributed by atoms with Crippen LogP contribution in [-0.2, 0) is 10.0 Å². The van der Waals surface area contributed by atoms with Gasteiger partial charge in [0.15, 0.2) is 0 Å². The molecule has 1 N–H and O–H groups in total. The van der Waals surface area contributed by atoms with E-state index in [0.29, 0.717) is 5.75 Å². The van der Waals surface area contributed by atoms with Crippen LogP contribution in [0, 0.1) is 5.82 Å². The minimum atomic E-state index is -3.82. The fourth-order valence-electron chi connectivity index (χ4n) is 2.63. The third kappa shape index (κ3) is 3.18. The molecule has 1 heterocycles. The predicted octanol–water partition coefficient (Wildman–Crippen LogP) is 1.41. The number of carbonyl (C=O) groups excluding carboxylic acids is 2. The molecule has 0 saturated carbocycles. The first-order chi connectivity index (χ1) is 12.3. The molecule has 2 aromatic rings. The van der Waals surface area contributed by atoms with E-state index in [1.807, 2.05) is 0 Å². The lowest BCUT2D eigenvalue weighted by Crippen LogP contribution is -2.38. The van der Waals surface area contributed by atoms with Gasteiger partial charge in [-0.2, -0.15) is 0 Å². The summed E-state index contributed by atoms with van der Waals surface area (Å²) in [5, 5.41) is 0. The summed E-state index contributed by atoms with van der Waals surface area (Å²) < 4.78 is 45.5. The molecule has 0 aromatic heterocycles. The molecule has 2 aromatic carbocycles. The van der Waals surface area contributed by atoms with Crippen molar-refractivity contribution in [3.05, 3.63) is 59.4 Å². The second-order valence-corrected chi connectivity index (χ2v) is 7.26. The molecular formula is C17H15FN2O5S. The highest BCUT2D eigenvalue weighted by molar-refractivity contribution is 7.89. The lowest BCUT2D eigenvalue weighted by Gasteiger charge is -2.14. The van der Waals surface area contributed by atoms with Gasteiger partial charge in [0.25, 0.3) is 11.8 Å². The summed E-state index contributed by atoms with van der Waals surface area (Å²) in [6, 6.07) is 9.55. The van der Waals surface area contributed by atoms with Crippen LogP contribution >= 0.6 is 0 Å². The van der Waals surface area contributed by atoms with E-state index in [0.717, 1.165) is 11.0 Å². The van der Waals surface area contributed by atoms with Gasteiger partial charge in [0.1, 0.15) is 11.6 Å². The van der Waals surface area contributed by atoms with Crippen molar-refractivity contribution in [1.82, 2.24) is 9.62 Å². The number of amides is 2. The third-order valence-electron chi connectivity index (χ3n) is 3.95. The molecule has 136 valence electrons. The average Bonchev–Trinajstić information content (AvgIpc) is 2.87. The van der Waals surface area contributed by atoms with Crippen LogP contribution in [0.15, 0.2) is 47.4 Å². The number of hydrogen-bond donors (Lipinski definition) is 1. The summed E-state index contributed by atoms with van der Waals surface area (Å²) in [7, 11) is -2.35. The topological polar surface area (TPSA) is 92.8 Å². The predicted molar refractivity (Wildman–Crippen MR) is 89.9 cm³/mol. The molecule has 26 heavy (non-hydrogen) atoms. The van der Waals surface area contributed by atoms with E-state index in [1.165, 1.54) is 43.5 Å². The zero-order valence-electron chi connectivity index (χ0n) is 13.7. The number of hydrogen-bond acceptors (Lipinski definition) is 5. The summed E-state index contributed by atoms with van der Waals surface area (Å²) in [4.78, 5) is 25.2. The first-order valence-corrected chi connectivity index (χ1v) is 9.12. The molecule has 7 nitrogen and oxygen atoms in total. The molecule has 1 aliphatic heterocycles. The van der Waals surface area contributed by atoms with E-state index in [4.69, 9.17) is 4.74 Å². The molecule has 0 unspecified atom stereocenters. The molecule has 0 spiro atoms. The number of fused-ring (bicyclic) bond motifs is 1. The summed E-state index contributed by atoms with van der Waals surface area (Å²) in [5.74, 6) is -1.68. The Morgan fingerprint density at radius 2 is 1.77 bits per heavy atom. The second kappa shape index (κ2) is 6.85. The quantitative estimate of drug-likeness (QED) is 0.768. The Morgan fingerprint density at radius 3 is 2.38 bits per heavy atom. The van der Waals surface area contributed by atoms with Crippen molar-refractivity contribution in [2.75, 3.05) is 20.2 Å². The Labute approximate surface area is 149 Å². The van der Waals surface area contributed by atoms with Gasteiger partial charge in [-0.05, 0) is 36.4 Å². The van der Waals surface area contributed by atoms with Gasteiger partial charge < -0.3 is 4.74 Å². The van der Waals surface area contributed by atoms with Crippen molar-refractivity contribution in [2.24, 2.45) is 0 Å². The van der Waals surface area contributed by atoms with E-state index in [1.54, 1.807) is 0 Å². The van der Waals surface area contributed by atoms with Gasteiger partial charge in [0.05, 0.1) is 23.1 Å². The third-order valence-corrected chi connectivity index (χ3v) is 5.42. The number of benzene rings is 2. The fourth-order valence-corrected chi connectivity index (χ4v) is 3.65. The Morgan fingerprint density at radius 1 is 1.08 bits per heavy atom. The van der Waals surface area contributed by atoms with Gasteiger partial charge in [-0.25, -0.2) is 17.5 Å². The normalized spacial score (nSPS) is 13.8. The maximum atomic E-state index is 13.8. The van der Waals surface area contributed by atoms with E-state index in [9.17, 15) is 22.4 Å². The number of carbonyl (C=O) groups is 2. The number of methoxy groups -OCH3 is 1. The number of sulfonamides is 1. The Balaban J connectivity index is 1.67. The first kappa shape index (κ1) is 18.0. The molecule has 0 bridgehead atoms. The average molecular weight is 378 g/mol. The van der Waals surface area contributed by atoms with Crippen molar-refractivity contribution in [3.8, 4) is 5.75 Å². The summed E-state index contributed by atoms with van der Waals surface area (Å²) in [5.41, 5.74) is -0.302. The van der Waals surface area contributed by atoms with Crippen molar-refractivity contribution < 1.29 is 27.1 Å². The number of rotatable bonds is 6. The summed E-state index contributed by atoms with van der Waals surface area (Å²) in [6.07, 6.45) is 0. The zero-order chi connectivity index (χ0) is 18.9. The van der Waals surface area contributed by atoms with Crippen LogP contribution in [0.25, 0.3) is 0 Å². The molecule has 0 atom stereocenters. The maximum absolute atomic E-state index is 13.8. The van der Waals surface area contributed by atoms with Crippen molar-refractivity contribution in [2.45, 2.75) is 4.90 Å². The second-order valence-electron chi connectivity index (χ2n) is 5.50. The van der Waals surface area contributed by atoms with Crippen LogP contribution in [-0.4, -0.2) is 45.3 Å². The SMILES string of the molecule is COc1ccc(S(=O)(=O)NCCN2C(=O)c3cccc(F)c3C2=O)cc1. The van der Waals surface area contributed by atoms with Crippen LogP contribution in [0.2, 0.25) is 0 Å². The number of imide groups is 1. The van der Waals surface area contributed by atoms with Gasteiger partial charge in [-0.3, -0.25) is 14.5 Å². The van der Waals surface area contributed by atoms with Crippen LogP contribution in [0.3, 0.4) is 0 Å². The Hall–Kier alpha value is -2.78. The number of halogens is 1. The van der Waals surface area contributed by atoms with Crippen molar-refractivity contribution >= 4 is 21.8 Å². The molecule has 2 amide bonds. The molecule has 0 fully saturated rings. The molecule has 1 aliphatic rings. The minimum absolute atomic E-state index is 0.0201. The first-order valence-electron chi connectivity index (χ1n) is 7.63. The van der Waals surface area contributed by atoms with Crippen molar-refractivity contribution in [1.29, 1.82) is 0 Å². The number of nitrogens with one attached hydrogen (secondary N) is 1. The molecule has 0 aliphatic carbocycles. The standard InChI is InChI=1S/C17H15FN2O5S/c1-25-11-5-7-12(8-6-11)26(23,24)19-9-10-20-16(21)13-3-2-4-14(18)15(13)17(20)22/h2-8,19H,9-10H2,1H3.